The summed E-state index contributed by atoms with van der Waals surface area (Å²) in [6, 6.07) is 11.8. The van der Waals surface area contributed by atoms with Crippen LogP contribution >= 0.6 is 0 Å². The molecule has 28 heavy (non-hydrogen) atoms. The highest BCUT2D eigenvalue weighted by molar-refractivity contribution is 5.91. The summed E-state index contributed by atoms with van der Waals surface area (Å²) in [5.74, 6) is 0.618. The molecule has 1 amide bonds. The Kier molecular flexibility index (Phi) is 6.57. The van der Waals surface area contributed by atoms with Crippen LogP contribution in [0.4, 0.5) is 8.78 Å². The average Bonchev–Trinajstić information content (AvgIpc) is 2.67. The lowest BCUT2D eigenvalue weighted by atomic mass is 10.1. The Morgan fingerprint density at radius 2 is 1.89 bits per heavy atom. The van der Waals surface area contributed by atoms with E-state index in [-0.39, 0.29) is 17.8 Å². The summed E-state index contributed by atoms with van der Waals surface area (Å²) in [5, 5.41) is 0. The molecule has 0 aliphatic carbocycles. The minimum Gasteiger partial charge on any atom is -0.474 e. The van der Waals surface area contributed by atoms with Crippen molar-refractivity contribution < 1.29 is 23.0 Å². The van der Waals surface area contributed by atoms with E-state index < -0.39 is 6.61 Å². The molecule has 0 atom stereocenters. The molecule has 1 aliphatic heterocycles. The highest BCUT2D eigenvalue weighted by Crippen LogP contribution is 2.19. The van der Waals surface area contributed by atoms with Crippen LogP contribution in [-0.2, 0) is 4.79 Å². The molecule has 148 valence electrons. The van der Waals surface area contributed by atoms with Gasteiger partial charge in [0.2, 0.25) is 11.8 Å². The number of alkyl halides is 2. The second-order valence-corrected chi connectivity index (χ2v) is 6.54. The summed E-state index contributed by atoms with van der Waals surface area (Å²) in [4.78, 5) is 18.5. The van der Waals surface area contributed by atoms with Crippen molar-refractivity contribution in [1.82, 2.24) is 9.88 Å². The van der Waals surface area contributed by atoms with Crippen molar-refractivity contribution in [2.45, 2.75) is 32.5 Å². The van der Waals surface area contributed by atoms with Crippen molar-refractivity contribution in [3.05, 3.63) is 59.8 Å². The van der Waals surface area contributed by atoms with Crippen molar-refractivity contribution in [2.24, 2.45) is 0 Å². The molecular formula is C21H22F2N2O3. The summed E-state index contributed by atoms with van der Waals surface area (Å²) in [5.41, 5.74) is 1.64. The molecule has 1 aromatic heterocycles. The Morgan fingerprint density at radius 1 is 1.18 bits per heavy atom. The van der Waals surface area contributed by atoms with E-state index in [9.17, 15) is 13.6 Å². The lowest BCUT2D eigenvalue weighted by molar-refractivity contribution is -0.127. The summed E-state index contributed by atoms with van der Waals surface area (Å²) in [7, 11) is 0. The number of amides is 1. The van der Waals surface area contributed by atoms with E-state index in [1.54, 1.807) is 23.1 Å². The van der Waals surface area contributed by atoms with Crippen LogP contribution in [0, 0.1) is 6.92 Å². The Balaban J connectivity index is 1.47. The number of hydrogen-bond acceptors (Lipinski definition) is 4. The molecule has 0 N–H and O–H groups in total. The number of aryl methyl sites for hydroxylation is 1. The number of likely N-dealkylation sites (tertiary alicyclic amines) is 1. The summed E-state index contributed by atoms with van der Waals surface area (Å²) < 4.78 is 34.5. The van der Waals surface area contributed by atoms with Crippen LogP contribution in [-0.4, -0.2) is 41.6 Å². The zero-order valence-corrected chi connectivity index (χ0v) is 15.6. The van der Waals surface area contributed by atoms with Gasteiger partial charge in [-0.1, -0.05) is 18.2 Å². The van der Waals surface area contributed by atoms with Gasteiger partial charge >= 0.3 is 6.61 Å². The monoisotopic (exact) mass is 388 g/mol. The van der Waals surface area contributed by atoms with Crippen LogP contribution in [0.25, 0.3) is 6.08 Å². The Bertz CT molecular complexity index is 817. The van der Waals surface area contributed by atoms with Crippen LogP contribution < -0.4 is 9.47 Å². The van der Waals surface area contributed by atoms with Crippen LogP contribution in [0.3, 0.4) is 0 Å². The molecule has 0 radical (unpaired) electrons. The van der Waals surface area contributed by atoms with Crippen LogP contribution in [0.2, 0.25) is 0 Å². The number of nitrogens with zero attached hydrogens (tertiary/aromatic N) is 2. The number of pyridine rings is 1. The van der Waals surface area contributed by atoms with Gasteiger partial charge in [0.25, 0.3) is 0 Å². The van der Waals surface area contributed by atoms with Crippen molar-refractivity contribution in [2.75, 3.05) is 13.1 Å². The van der Waals surface area contributed by atoms with Gasteiger partial charge in [0.15, 0.2) is 0 Å². The predicted octanol–water partition coefficient (Wildman–Crippen LogP) is 4.07. The number of ether oxygens (including phenoxy) is 2. The molecule has 2 heterocycles. The summed E-state index contributed by atoms with van der Waals surface area (Å²) >= 11 is 0. The molecule has 1 saturated heterocycles. The molecule has 1 aliphatic rings. The third-order valence-electron chi connectivity index (χ3n) is 4.43. The maximum atomic E-state index is 12.4. The van der Waals surface area contributed by atoms with Gasteiger partial charge in [-0.15, -0.1) is 0 Å². The molecule has 1 aromatic carbocycles. The first-order valence-electron chi connectivity index (χ1n) is 9.12. The third kappa shape index (κ3) is 5.77. The quantitative estimate of drug-likeness (QED) is 0.700. The highest BCUT2D eigenvalue weighted by atomic mass is 19.3. The largest absolute Gasteiger partial charge is 0.474 e. The molecule has 3 rings (SSSR count). The van der Waals surface area contributed by atoms with Gasteiger partial charge in [-0.3, -0.25) is 4.79 Å². The number of carbonyl (C=O) groups excluding carboxylic acids is 1. The van der Waals surface area contributed by atoms with Crippen LogP contribution in [0.1, 0.15) is 24.1 Å². The fraction of sp³-hybridized carbons (Fsp3) is 0.333. The van der Waals surface area contributed by atoms with Crippen molar-refractivity contribution in [1.29, 1.82) is 0 Å². The van der Waals surface area contributed by atoms with E-state index in [2.05, 4.69) is 9.72 Å². The first kappa shape index (κ1) is 19.8. The van der Waals surface area contributed by atoms with E-state index in [0.717, 1.165) is 24.1 Å². The number of carbonyl (C=O) groups is 1. The predicted molar refractivity (Wildman–Crippen MR) is 101 cm³/mol. The lowest BCUT2D eigenvalue weighted by Crippen LogP contribution is -2.41. The molecule has 5 nitrogen and oxygen atoms in total. The van der Waals surface area contributed by atoms with Crippen LogP contribution in [0.15, 0.2) is 48.5 Å². The van der Waals surface area contributed by atoms with Gasteiger partial charge in [0.1, 0.15) is 11.9 Å². The third-order valence-corrected chi connectivity index (χ3v) is 4.43. The summed E-state index contributed by atoms with van der Waals surface area (Å²) in [6.45, 7) is 0.290. The number of benzene rings is 1. The van der Waals surface area contributed by atoms with Gasteiger partial charge in [-0.25, -0.2) is 4.98 Å². The lowest BCUT2D eigenvalue weighted by Gasteiger charge is -2.31. The number of hydrogen-bond donors (Lipinski definition) is 0. The second kappa shape index (κ2) is 9.30. The molecule has 7 heteroatoms. The normalized spacial score (nSPS) is 15.2. The van der Waals surface area contributed by atoms with Crippen molar-refractivity contribution >= 4 is 12.0 Å². The maximum Gasteiger partial charge on any atom is 0.387 e. The molecule has 0 unspecified atom stereocenters. The highest BCUT2D eigenvalue weighted by Gasteiger charge is 2.23. The minimum atomic E-state index is -2.85. The number of halogens is 2. The first-order chi connectivity index (χ1) is 13.5. The van der Waals surface area contributed by atoms with E-state index in [1.807, 2.05) is 25.1 Å². The number of rotatable bonds is 6. The zero-order chi connectivity index (χ0) is 19.9. The molecule has 0 saturated carbocycles. The average molecular weight is 388 g/mol. The molecule has 0 bridgehead atoms. The van der Waals surface area contributed by atoms with Crippen molar-refractivity contribution in [3.63, 3.8) is 0 Å². The van der Waals surface area contributed by atoms with Gasteiger partial charge < -0.3 is 14.4 Å². The van der Waals surface area contributed by atoms with Gasteiger partial charge in [0, 0.05) is 43.8 Å². The zero-order valence-electron chi connectivity index (χ0n) is 15.6. The summed E-state index contributed by atoms with van der Waals surface area (Å²) in [6.07, 6.45) is 4.69. The fourth-order valence-corrected chi connectivity index (χ4v) is 2.98. The SMILES string of the molecule is Cc1cccc(OC2CCN(C(=O)/C=C/c3ccc(OC(F)F)cc3)CC2)n1. The second-order valence-electron chi connectivity index (χ2n) is 6.54. The Hall–Kier alpha value is -2.96. The van der Waals surface area contributed by atoms with Gasteiger partial charge in [-0.2, -0.15) is 8.78 Å². The van der Waals surface area contributed by atoms with Crippen LogP contribution in [0.5, 0.6) is 11.6 Å². The first-order valence-corrected chi connectivity index (χ1v) is 9.12. The van der Waals surface area contributed by atoms with Crippen molar-refractivity contribution in [3.8, 4) is 11.6 Å². The van der Waals surface area contributed by atoms with E-state index in [1.165, 1.54) is 18.2 Å². The minimum absolute atomic E-state index is 0.0460. The fourth-order valence-electron chi connectivity index (χ4n) is 2.98. The smallest absolute Gasteiger partial charge is 0.387 e. The van der Waals surface area contributed by atoms with E-state index in [4.69, 9.17) is 4.74 Å². The van der Waals surface area contributed by atoms with E-state index >= 15 is 0 Å². The Morgan fingerprint density at radius 3 is 2.54 bits per heavy atom. The number of piperidine rings is 1. The topological polar surface area (TPSA) is 51.7 Å². The molecule has 0 spiro atoms. The molecule has 1 fully saturated rings. The number of aromatic nitrogens is 1. The van der Waals surface area contributed by atoms with E-state index in [0.29, 0.717) is 19.0 Å². The maximum absolute atomic E-state index is 12.4. The molecule has 2 aromatic rings. The standard InChI is InChI=1S/C21H22F2N2O3/c1-15-3-2-4-19(24-15)27-18-11-13-25(14-12-18)20(26)10-7-16-5-8-17(9-6-16)28-21(22)23/h2-10,18,21H,11-14H2,1H3/b10-7+. The van der Waals surface area contributed by atoms with Gasteiger partial charge in [0.05, 0.1) is 0 Å². The van der Waals surface area contributed by atoms with Gasteiger partial charge in [-0.05, 0) is 36.8 Å². The Labute approximate surface area is 162 Å². The molecular weight excluding hydrogens is 366 g/mol.